The molecule has 4 heteroatoms. The van der Waals surface area contributed by atoms with Gasteiger partial charge in [-0.15, -0.1) is 0 Å². The topological polar surface area (TPSA) is 53.7 Å². The Morgan fingerprint density at radius 1 is 1.32 bits per heavy atom. The Morgan fingerprint density at radius 2 is 2.05 bits per heavy atom. The highest BCUT2D eigenvalue weighted by molar-refractivity contribution is 5.84. The molecule has 4 nitrogen and oxygen atoms in total. The Hall–Kier alpha value is -2.23. The third-order valence-corrected chi connectivity index (χ3v) is 4.48. The summed E-state index contributed by atoms with van der Waals surface area (Å²) in [6, 6.07) is 11.7. The van der Waals surface area contributed by atoms with Gasteiger partial charge < -0.3 is 14.4 Å². The van der Waals surface area contributed by atoms with E-state index in [1.54, 1.807) is 6.07 Å². The minimum atomic E-state index is -1.03. The van der Waals surface area contributed by atoms with E-state index in [0.29, 0.717) is 18.2 Å². The van der Waals surface area contributed by atoms with Crippen LogP contribution in [0.15, 0.2) is 40.8 Å². The van der Waals surface area contributed by atoms with Crippen LogP contribution >= 0.6 is 0 Å². The van der Waals surface area contributed by atoms with E-state index in [-0.39, 0.29) is 11.3 Å². The molecule has 1 aliphatic heterocycles. The quantitative estimate of drug-likeness (QED) is 0.919. The number of fused-ring (bicyclic) bond motifs is 1. The fourth-order valence-corrected chi connectivity index (χ4v) is 3.48. The summed E-state index contributed by atoms with van der Waals surface area (Å²) in [4.78, 5) is 13.3. The van der Waals surface area contributed by atoms with Gasteiger partial charge in [-0.25, -0.2) is 4.79 Å². The van der Waals surface area contributed by atoms with Crippen LogP contribution in [0.25, 0.3) is 0 Å². The molecule has 0 radical (unpaired) electrons. The van der Waals surface area contributed by atoms with Gasteiger partial charge in [-0.05, 0) is 49.9 Å². The second-order valence-corrected chi connectivity index (χ2v) is 6.63. The van der Waals surface area contributed by atoms with Crippen molar-refractivity contribution in [1.29, 1.82) is 0 Å². The van der Waals surface area contributed by atoms with Gasteiger partial charge in [0.05, 0.1) is 6.54 Å². The molecule has 1 aromatic heterocycles. The van der Waals surface area contributed by atoms with E-state index in [1.807, 2.05) is 6.07 Å². The second-order valence-electron chi connectivity index (χ2n) is 6.63. The molecule has 0 saturated carbocycles. The summed E-state index contributed by atoms with van der Waals surface area (Å²) in [5.41, 5.74) is 2.54. The maximum absolute atomic E-state index is 11.0. The van der Waals surface area contributed by atoms with Gasteiger partial charge in [0, 0.05) is 11.2 Å². The molecule has 2 aromatic rings. The maximum Gasteiger partial charge on any atom is 0.371 e. The number of para-hydroxylation sites is 1. The Morgan fingerprint density at radius 3 is 2.73 bits per heavy atom. The van der Waals surface area contributed by atoms with Crippen molar-refractivity contribution in [1.82, 2.24) is 0 Å². The van der Waals surface area contributed by atoms with Gasteiger partial charge in [0.1, 0.15) is 5.76 Å². The molecule has 0 unspecified atom stereocenters. The fraction of sp³-hybridized carbons (Fsp3) is 0.389. The van der Waals surface area contributed by atoms with E-state index in [4.69, 9.17) is 9.52 Å². The molecule has 0 aliphatic carbocycles. The minimum Gasteiger partial charge on any atom is -0.475 e. The zero-order valence-electron chi connectivity index (χ0n) is 13.2. The Balaban J connectivity index is 1.96. The molecule has 1 aromatic carbocycles. The van der Waals surface area contributed by atoms with Crippen LogP contribution in [0.4, 0.5) is 5.69 Å². The van der Waals surface area contributed by atoms with Crippen LogP contribution in [0.1, 0.15) is 55.0 Å². The van der Waals surface area contributed by atoms with E-state index < -0.39 is 5.97 Å². The number of furan rings is 1. The molecule has 22 heavy (non-hydrogen) atoms. The van der Waals surface area contributed by atoms with E-state index in [1.165, 1.54) is 17.3 Å². The number of hydrogen-bond acceptors (Lipinski definition) is 3. The monoisotopic (exact) mass is 299 g/mol. The zero-order chi connectivity index (χ0) is 15.9. The van der Waals surface area contributed by atoms with Crippen LogP contribution in [-0.4, -0.2) is 16.6 Å². The Labute approximate surface area is 130 Å². The van der Waals surface area contributed by atoms with Crippen molar-refractivity contribution in [3.8, 4) is 0 Å². The van der Waals surface area contributed by atoms with Crippen molar-refractivity contribution in [3.05, 3.63) is 53.5 Å². The van der Waals surface area contributed by atoms with Crippen molar-refractivity contribution in [3.63, 3.8) is 0 Å². The van der Waals surface area contributed by atoms with Gasteiger partial charge in [-0.3, -0.25) is 0 Å². The zero-order valence-corrected chi connectivity index (χ0v) is 13.2. The summed E-state index contributed by atoms with van der Waals surface area (Å²) in [6.45, 7) is 7.28. The van der Waals surface area contributed by atoms with E-state index in [0.717, 1.165) is 6.42 Å². The smallest absolute Gasteiger partial charge is 0.371 e. The van der Waals surface area contributed by atoms with Crippen molar-refractivity contribution in [2.24, 2.45) is 0 Å². The molecule has 0 bridgehead atoms. The first-order valence-electron chi connectivity index (χ1n) is 7.57. The molecule has 0 spiro atoms. The van der Waals surface area contributed by atoms with E-state index in [2.05, 4.69) is 43.9 Å². The van der Waals surface area contributed by atoms with Crippen molar-refractivity contribution in [2.45, 2.75) is 45.2 Å². The van der Waals surface area contributed by atoms with Gasteiger partial charge in [0.2, 0.25) is 5.76 Å². The normalized spacial score (nSPS) is 19.8. The van der Waals surface area contributed by atoms with Crippen LogP contribution in [0.5, 0.6) is 0 Å². The summed E-state index contributed by atoms with van der Waals surface area (Å²) in [5.74, 6) is 0.146. The summed E-state index contributed by atoms with van der Waals surface area (Å²) in [7, 11) is 0. The number of carboxylic acid groups (broad SMARTS) is 1. The highest BCUT2D eigenvalue weighted by atomic mass is 16.4. The number of benzene rings is 1. The number of hydrogen-bond donors (Lipinski definition) is 1. The van der Waals surface area contributed by atoms with Gasteiger partial charge in [0.15, 0.2) is 0 Å². The highest BCUT2D eigenvalue weighted by Crippen LogP contribution is 2.43. The molecular formula is C18H21NO3. The number of aromatic carboxylic acids is 1. The predicted octanol–water partition coefficient (Wildman–Crippen LogP) is 4.27. The second kappa shape index (κ2) is 5.20. The van der Waals surface area contributed by atoms with E-state index >= 15 is 0 Å². The third kappa shape index (κ3) is 2.49. The summed E-state index contributed by atoms with van der Waals surface area (Å²) in [6.07, 6.45) is 1.05. The summed E-state index contributed by atoms with van der Waals surface area (Å²) in [5, 5.41) is 8.99. The Bertz CT molecular complexity index is 702. The van der Waals surface area contributed by atoms with Crippen LogP contribution in [0.2, 0.25) is 0 Å². The average molecular weight is 299 g/mol. The lowest BCUT2D eigenvalue weighted by Gasteiger charge is -2.47. The first-order valence-corrected chi connectivity index (χ1v) is 7.57. The first-order chi connectivity index (χ1) is 10.4. The molecule has 0 saturated heterocycles. The standard InChI is InChI=1S/C18H21NO3/c1-12-10-18(2,3)19(15-7-5-4-6-14(12)15)11-13-8-9-16(22-13)17(20)21/h4-9,12H,10-11H2,1-3H3,(H,20,21)/t12-/m0/s1. The minimum absolute atomic E-state index is 0.00790. The Kier molecular flexibility index (Phi) is 3.47. The van der Waals surface area contributed by atoms with Gasteiger partial charge in [0.25, 0.3) is 0 Å². The number of carboxylic acids is 1. The van der Waals surface area contributed by atoms with Crippen LogP contribution in [0, 0.1) is 0 Å². The first kappa shape index (κ1) is 14.7. The van der Waals surface area contributed by atoms with Crippen LogP contribution < -0.4 is 4.90 Å². The molecule has 1 aliphatic rings. The SMILES string of the molecule is C[C@H]1CC(C)(C)N(Cc2ccc(C(=O)O)o2)c2ccccc21. The maximum atomic E-state index is 11.0. The molecule has 0 fully saturated rings. The molecule has 0 amide bonds. The number of nitrogens with zero attached hydrogens (tertiary/aromatic N) is 1. The third-order valence-electron chi connectivity index (χ3n) is 4.48. The number of carbonyl (C=O) groups is 1. The van der Waals surface area contributed by atoms with E-state index in [9.17, 15) is 4.79 Å². The molecular weight excluding hydrogens is 278 g/mol. The van der Waals surface area contributed by atoms with Crippen molar-refractivity contribution in [2.75, 3.05) is 4.90 Å². The van der Waals surface area contributed by atoms with Crippen molar-refractivity contribution < 1.29 is 14.3 Å². The van der Waals surface area contributed by atoms with Crippen LogP contribution in [-0.2, 0) is 6.54 Å². The average Bonchev–Trinajstić information content (AvgIpc) is 2.92. The largest absolute Gasteiger partial charge is 0.475 e. The van der Waals surface area contributed by atoms with Gasteiger partial charge in [-0.1, -0.05) is 25.1 Å². The van der Waals surface area contributed by atoms with Gasteiger partial charge >= 0.3 is 5.97 Å². The highest BCUT2D eigenvalue weighted by Gasteiger charge is 2.36. The molecule has 116 valence electrons. The fourth-order valence-electron chi connectivity index (χ4n) is 3.48. The molecule has 2 heterocycles. The van der Waals surface area contributed by atoms with Crippen LogP contribution in [0.3, 0.4) is 0 Å². The molecule has 1 N–H and O–H groups in total. The number of anilines is 1. The summed E-state index contributed by atoms with van der Waals surface area (Å²) < 4.78 is 5.44. The van der Waals surface area contributed by atoms with Gasteiger partial charge in [-0.2, -0.15) is 0 Å². The lowest BCUT2D eigenvalue weighted by Crippen LogP contribution is -2.47. The molecule has 3 rings (SSSR count). The lowest BCUT2D eigenvalue weighted by molar-refractivity contribution is 0.0660. The lowest BCUT2D eigenvalue weighted by atomic mass is 9.80. The summed E-state index contributed by atoms with van der Waals surface area (Å²) >= 11 is 0. The number of rotatable bonds is 3. The molecule has 1 atom stereocenters. The van der Waals surface area contributed by atoms with Crippen molar-refractivity contribution >= 4 is 11.7 Å². The predicted molar refractivity (Wildman–Crippen MR) is 85.4 cm³/mol.